The number of H-pyrrole nitrogens is 2. The van der Waals surface area contributed by atoms with Crippen molar-refractivity contribution < 1.29 is 9.53 Å². The number of carbonyl (C=O) groups excluding carboxylic acids is 1. The zero-order chi connectivity index (χ0) is 13.8. The number of hydrogen-bond donors (Lipinski definition) is 3. The normalized spacial score (nSPS) is 10.4. The molecule has 0 fully saturated rings. The number of benzene rings is 1. The third-order valence-electron chi connectivity index (χ3n) is 2.53. The molecule has 0 atom stereocenters. The highest BCUT2D eigenvalue weighted by Crippen LogP contribution is 2.13. The van der Waals surface area contributed by atoms with Crippen LogP contribution < -0.4 is 11.0 Å². The molecular weight excluding hydrogens is 246 g/mol. The fourth-order valence-corrected chi connectivity index (χ4v) is 1.60. The van der Waals surface area contributed by atoms with Crippen molar-refractivity contribution in [3.05, 3.63) is 40.8 Å². The summed E-state index contributed by atoms with van der Waals surface area (Å²) in [6.07, 6.45) is 0. The predicted octanol–water partition coefficient (Wildman–Crippen LogP) is 1.39. The summed E-state index contributed by atoms with van der Waals surface area (Å²) in [5.41, 5.74) is 2.47. The average molecular weight is 261 g/mol. The lowest BCUT2D eigenvalue weighted by Crippen LogP contribution is -2.13. The number of aromatic nitrogens is 2. The second kappa shape index (κ2) is 5.43. The maximum atomic E-state index is 11.1. The molecule has 0 aliphatic rings. The van der Waals surface area contributed by atoms with Crippen LogP contribution in [0.15, 0.2) is 35.1 Å². The Kier molecular flexibility index (Phi) is 3.70. The topological polar surface area (TPSA) is 87.0 Å². The van der Waals surface area contributed by atoms with Crippen LogP contribution in [0.3, 0.4) is 0 Å². The highest BCUT2D eigenvalue weighted by atomic mass is 16.5. The Labute approximate surface area is 109 Å². The van der Waals surface area contributed by atoms with Crippen LogP contribution >= 0.6 is 0 Å². The van der Waals surface area contributed by atoms with Crippen LogP contribution in [0.25, 0.3) is 11.0 Å². The minimum atomic E-state index is -0.396. The van der Waals surface area contributed by atoms with Crippen LogP contribution in [0.5, 0.6) is 0 Å². The molecule has 100 valence electrons. The summed E-state index contributed by atoms with van der Waals surface area (Å²) in [6.45, 7) is 5.84. The molecule has 0 bridgehead atoms. The Hall–Kier alpha value is -2.50. The molecule has 0 spiro atoms. The Bertz CT molecular complexity index is 669. The van der Waals surface area contributed by atoms with Gasteiger partial charge in [0.15, 0.2) is 0 Å². The van der Waals surface area contributed by atoms with Gasteiger partial charge in [0.05, 0.1) is 11.0 Å². The summed E-state index contributed by atoms with van der Waals surface area (Å²) in [4.78, 5) is 27.6. The first-order valence-electron chi connectivity index (χ1n) is 5.85. The van der Waals surface area contributed by atoms with Crippen LogP contribution in [-0.2, 0) is 9.53 Å². The summed E-state index contributed by atoms with van der Waals surface area (Å²) in [6, 6.07) is 5.45. The lowest BCUT2D eigenvalue weighted by atomic mass is 10.3. The summed E-state index contributed by atoms with van der Waals surface area (Å²) in [7, 11) is 0. The van der Waals surface area contributed by atoms with Crippen molar-refractivity contribution in [2.75, 3.05) is 18.5 Å². The van der Waals surface area contributed by atoms with Gasteiger partial charge in [0.25, 0.3) is 0 Å². The molecule has 0 aliphatic carbocycles. The van der Waals surface area contributed by atoms with Gasteiger partial charge in [-0.1, -0.05) is 6.58 Å². The molecule has 2 aromatic rings. The molecule has 0 aliphatic heterocycles. The van der Waals surface area contributed by atoms with Crippen molar-refractivity contribution in [3.63, 3.8) is 0 Å². The standard InChI is InChI=1S/C13H15N3O3/c1-8(2)12(17)19-6-5-14-9-3-4-10-11(7-9)16-13(18)15-10/h3-4,7,14H,1,5-6H2,2H3,(H2,15,16,18). The monoisotopic (exact) mass is 261 g/mol. The Morgan fingerprint density at radius 2 is 2.11 bits per heavy atom. The van der Waals surface area contributed by atoms with Crippen molar-refractivity contribution in [2.45, 2.75) is 6.92 Å². The maximum absolute atomic E-state index is 11.1. The van der Waals surface area contributed by atoms with Gasteiger partial charge in [0.1, 0.15) is 6.61 Å². The number of esters is 1. The van der Waals surface area contributed by atoms with E-state index in [9.17, 15) is 9.59 Å². The highest BCUT2D eigenvalue weighted by molar-refractivity contribution is 5.86. The lowest BCUT2D eigenvalue weighted by Gasteiger charge is -2.07. The van der Waals surface area contributed by atoms with Gasteiger partial charge in [-0.25, -0.2) is 9.59 Å². The number of nitrogens with one attached hydrogen (secondary N) is 3. The average Bonchev–Trinajstić information content (AvgIpc) is 2.73. The van der Waals surface area contributed by atoms with E-state index in [1.54, 1.807) is 13.0 Å². The van der Waals surface area contributed by atoms with Gasteiger partial charge in [-0.05, 0) is 25.1 Å². The molecule has 19 heavy (non-hydrogen) atoms. The van der Waals surface area contributed by atoms with Crippen molar-refractivity contribution in [1.29, 1.82) is 0 Å². The number of imidazole rings is 1. The molecule has 2 rings (SSSR count). The van der Waals surface area contributed by atoms with E-state index in [0.717, 1.165) is 16.7 Å². The van der Waals surface area contributed by atoms with E-state index in [2.05, 4.69) is 21.9 Å². The molecular formula is C13H15N3O3. The third-order valence-corrected chi connectivity index (χ3v) is 2.53. The molecule has 0 saturated heterocycles. The van der Waals surface area contributed by atoms with E-state index in [1.165, 1.54) is 0 Å². The molecule has 1 aromatic heterocycles. The minimum Gasteiger partial charge on any atom is -0.460 e. The molecule has 6 heteroatoms. The summed E-state index contributed by atoms with van der Waals surface area (Å²) in [5.74, 6) is -0.396. The lowest BCUT2D eigenvalue weighted by molar-refractivity contribution is -0.138. The fraction of sp³-hybridized carbons (Fsp3) is 0.231. The van der Waals surface area contributed by atoms with Crippen molar-refractivity contribution >= 4 is 22.7 Å². The van der Waals surface area contributed by atoms with E-state index >= 15 is 0 Å². The molecule has 1 heterocycles. The molecule has 0 saturated carbocycles. The molecule has 6 nitrogen and oxygen atoms in total. The summed E-state index contributed by atoms with van der Waals surface area (Å²) < 4.78 is 4.95. The van der Waals surface area contributed by atoms with E-state index in [4.69, 9.17) is 4.74 Å². The largest absolute Gasteiger partial charge is 0.460 e. The molecule has 0 unspecified atom stereocenters. The maximum Gasteiger partial charge on any atom is 0.333 e. The molecule has 0 radical (unpaired) electrons. The third kappa shape index (κ3) is 3.25. The first-order chi connectivity index (χ1) is 9.06. The number of anilines is 1. The van der Waals surface area contributed by atoms with Gasteiger partial charge >= 0.3 is 11.7 Å². The molecule has 3 N–H and O–H groups in total. The van der Waals surface area contributed by atoms with Crippen LogP contribution in [-0.4, -0.2) is 29.1 Å². The number of fused-ring (bicyclic) bond motifs is 1. The highest BCUT2D eigenvalue weighted by Gasteiger charge is 2.02. The first-order valence-corrected chi connectivity index (χ1v) is 5.85. The molecule has 1 aromatic carbocycles. The zero-order valence-corrected chi connectivity index (χ0v) is 10.6. The fourth-order valence-electron chi connectivity index (χ4n) is 1.60. The van der Waals surface area contributed by atoms with Gasteiger partial charge in [0, 0.05) is 17.8 Å². The summed E-state index contributed by atoms with van der Waals surface area (Å²) in [5, 5.41) is 3.10. The van der Waals surface area contributed by atoms with E-state index in [-0.39, 0.29) is 12.3 Å². The number of ether oxygens (including phenoxy) is 1. The Morgan fingerprint density at radius 1 is 1.37 bits per heavy atom. The molecule has 0 amide bonds. The number of rotatable bonds is 5. The second-order valence-electron chi connectivity index (χ2n) is 4.18. The van der Waals surface area contributed by atoms with Gasteiger partial charge in [0.2, 0.25) is 0 Å². The number of hydrogen-bond acceptors (Lipinski definition) is 4. The second-order valence-corrected chi connectivity index (χ2v) is 4.18. The van der Waals surface area contributed by atoms with Gasteiger partial charge in [-0.2, -0.15) is 0 Å². The van der Waals surface area contributed by atoms with Crippen molar-refractivity contribution in [3.8, 4) is 0 Å². The summed E-state index contributed by atoms with van der Waals surface area (Å²) >= 11 is 0. The van der Waals surface area contributed by atoms with Crippen LogP contribution in [0, 0.1) is 0 Å². The SMILES string of the molecule is C=C(C)C(=O)OCCNc1ccc2[nH]c(=O)[nH]c2c1. The van der Waals surface area contributed by atoms with E-state index in [0.29, 0.717) is 12.1 Å². The quantitative estimate of drug-likeness (QED) is 0.431. The zero-order valence-electron chi connectivity index (χ0n) is 10.6. The van der Waals surface area contributed by atoms with Crippen molar-refractivity contribution in [2.24, 2.45) is 0 Å². The van der Waals surface area contributed by atoms with Crippen LogP contribution in [0.1, 0.15) is 6.92 Å². The number of carbonyl (C=O) groups is 1. The van der Waals surface area contributed by atoms with Gasteiger partial charge in [-0.15, -0.1) is 0 Å². The van der Waals surface area contributed by atoms with E-state index in [1.807, 2.05) is 12.1 Å². The van der Waals surface area contributed by atoms with Crippen LogP contribution in [0.2, 0.25) is 0 Å². The van der Waals surface area contributed by atoms with Crippen LogP contribution in [0.4, 0.5) is 5.69 Å². The van der Waals surface area contributed by atoms with Crippen molar-refractivity contribution in [1.82, 2.24) is 9.97 Å². The number of aromatic amines is 2. The Morgan fingerprint density at radius 3 is 2.84 bits per heavy atom. The first kappa shape index (κ1) is 12.9. The predicted molar refractivity (Wildman–Crippen MR) is 73.2 cm³/mol. The smallest absolute Gasteiger partial charge is 0.333 e. The Balaban J connectivity index is 1.89. The van der Waals surface area contributed by atoms with Gasteiger partial charge < -0.3 is 20.0 Å². The minimum absolute atomic E-state index is 0.234. The van der Waals surface area contributed by atoms with E-state index < -0.39 is 5.97 Å². The van der Waals surface area contributed by atoms with Gasteiger partial charge in [-0.3, -0.25) is 0 Å².